The molecular formula is C26H23NO3. The molecule has 0 spiro atoms. The fourth-order valence-electron chi connectivity index (χ4n) is 3.63. The van der Waals surface area contributed by atoms with Crippen LogP contribution >= 0.6 is 0 Å². The van der Waals surface area contributed by atoms with Gasteiger partial charge in [-0.25, -0.2) is 0 Å². The Morgan fingerprint density at radius 3 is 2.30 bits per heavy atom. The summed E-state index contributed by atoms with van der Waals surface area (Å²) in [5.41, 5.74) is 3.22. The zero-order chi connectivity index (χ0) is 21.1. The first-order chi connectivity index (χ1) is 14.6. The Morgan fingerprint density at radius 2 is 1.60 bits per heavy atom. The molecule has 1 atom stereocenters. The number of hydrogen-bond donors (Lipinski definition) is 2. The van der Waals surface area contributed by atoms with Crippen LogP contribution in [0.1, 0.15) is 33.1 Å². The Hall–Kier alpha value is -3.79. The minimum absolute atomic E-state index is 0.148. The average Bonchev–Trinajstić information content (AvgIpc) is 2.78. The maximum atomic E-state index is 13.1. The molecule has 30 heavy (non-hydrogen) atoms. The van der Waals surface area contributed by atoms with Crippen LogP contribution in [0.5, 0.6) is 11.5 Å². The molecule has 0 aromatic heterocycles. The highest BCUT2D eigenvalue weighted by atomic mass is 16.5. The molecule has 0 aliphatic rings. The number of carbonyl (C=O) groups excluding carboxylic acids is 1. The third-order valence-corrected chi connectivity index (χ3v) is 5.27. The second-order valence-electron chi connectivity index (χ2n) is 7.27. The Bertz CT molecular complexity index is 1180. The van der Waals surface area contributed by atoms with Crippen molar-refractivity contribution in [2.75, 3.05) is 7.11 Å². The Balaban J connectivity index is 1.80. The molecule has 2 N–H and O–H groups in total. The Kier molecular flexibility index (Phi) is 5.40. The number of amides is 1. The van der Waals surface area contributed by atoms with Crippen molar-refractivity contribution in [2.45, 2.75) is 13.0 Å². The van der Waals surface area contributed by atoms with E-state index in [2.05, 4.69) is 5.32 Å². The van der Waals surface area contributed by atoms with Gasteiger partial charge >= 0.3 is 0 Å². The smallest absolute Gasteiger partial charge is 0.252 e. The summed E-state index contributed by atoms with van der Waals surface area (Å²) in [4.78, 5) is 13.1. The first-order valence-electron chi connectivity index (χ1n) is 9.79. The summed E-state index contributed by atoms with van der Waals surface area (Å²) in [7, 11) is 1.59. The molecular weight excluding hydrogens is 374 g/mol. The number of aromatic hydroxyl groups is 1. The molecule has 1 amide bonds. The summed E-state index contributed by atoms with van der Waals surface area (Å²) in [6, 6.07) is 25.8. The Labute approximate surface area is 175 Å². The molecule has 0 aliphatic heterocycles. The average molecular weight is 397 g/mol. The number of rotatable bonds is 5. The lowest BCUT2D eigenvalue weighted by Crippen LogP contribution is -2.29. The van der Waals surface area contributed by atoms with Crippen LogP contribution in [0.25, 0.3) is 10.8 Å². The van der Waals surface area contributed by atoms with Crippen molar-refractivity contribution < 1.29 is 14.6 Å². The van der Waals surface area contributed by atoms with Gasteiger partial charge in [-0.15, -0.1) is 0 Å². The summed E-state index contributed by atoms with van der Waals surface area (Å²) in [5.74, 6) is 0.609. The highest BCUT2D eigenvalue weighted by Gasteiger charge is 2.23. The van der Waals surface area contributed by atoms with Gasteiger partial charge in [0.2, 0.25) is 0 Å². The molecule has 4 aromatic carbocycles. The van der Waals surface area contributed by atoms with E-state index in [0.717, 1.165) is 21.9 Å². The standard InChI is InChI=1S/C26H23NO3/c1-17-7-9-19(10-8-17)25(27-26(29)20-11-14-21(30-2)15-12-20)24-22-6-4-3-5-18(22)13-16-23(24)28/h3-16,25,28H,1-2H3,(H,27,29). The summed E-state index contributed by atoms with van der Waals surface area (Å²) < 4.78 is 5.18. The monoisotopic (exact) mass is 397 g/mol. The van der Waals surface area contributed by atoms with E-state index in [1.165, 1.54) is 0 Å². The van der Waals surface area contributed by atoms with Gasteiger partial charge in [-0.2, -0.15) is 0 Å². The molecule has 4 nitrogen and oxygen atoms in total. The van der Waals surface area contributed by atoms with Crippen molar-refractivity contribution in [1.29, 1.82) is 0 Å². The van der Waals surface area contributed by atoms with Crippen LogP contribution in [-0.4, -0.2) is 18.1 Å². The van der Waals surface area contributed by atoms with Crippen molar-refractivity contribution in [2.24, 2.45) is 0 Å². The number of methoxy groups -OCH3 is 1. The van der Waals surface area contributed by atoms with Crippen molar-refractivity contribution >= 4 is 16.7 Å². The number of fused-ring (bicyclic) bond motifs is 1. The molecule has 0 heterocycles. The van der Waals surface area contributed by atoms with E-state index < -0.39 is 6.04 Å². The lowest BCUT2D eigenvalue weighted by molar-refractivity contribution is 0.0943. The molecule has 0 bridgehead atoms. The first-order valence-corrected chi connectivity index (χ1v) is 9.79. The second kappa shape index (κ2) is 8.29. The van der Waals surface area contributed by atoms with Crippen LogP contribution in [0.3, 0.4) is 0 Å². The van der Waals surface area contributed by atoms with Gasteiger partial charge in [-0.1, -0.05) is 60.2 Å². The maximum absolute atomic E-state index is 13.1. The summed E-state index contributed by atoms with van der Waals surface area (Å²) in [6.07, 6.45) is 0. The van der Waals surface area contributed by atoms with Crippen LogP contribution in [0.4, 0.5) is 0 Å². The van der Waals surface area contributed by atoms with Gasteiger partial charge < -0.3 is 15.2 Å². The third-order valence-electron chi connectivity index (χ3n) is 5.27. The van der Waals surface area contributed by atoms with Crippen LogP contribution in [0.15, 0.2) is 84.9 Å². The number of phenolic OH excluding ortho intramolecular Hbond substituents is 1. The van der Waals surface area contributed by atoms with Gasteiger partial charge in [-0.3, -0.25) is 4.79 Å². The number of carbonyl (C=O) groups is 1. The number of nitrogens with one attached hydrogen (secondary N) is 1. The van der Waals surface area contributed by atoms with Crippen LogP contribution < -0.4 is 10.1 Å². The van der Waals surface area contributed by atoms with Gasteiger partial charge in [0.15, 0.2) is 0 Å². The lowest BCUT2D eigenvalue weighted by Gasteiger charge is -2.23. The summed E-state index contributed by atoms with van der Waals surface area (Å²) in [5, 5.41) is 15.8. The summed E-state index contributed by atoms with van der Waals surface area (Å²) >= 11 is 0. The number of phenols is 1. The molecule has 4 rings (SSSR count). The van der Waals surface area contributed by atoms with E-state index >= 15 is 0 Å². The number of ether oxygens (including phenoxy) is 1. The normalized spacial score (nSPS) is 11.8. The van der Waals surface area contributed by atoms with Gasteiger partial charge in [0.05, 0.1) is 13.2 Å². The van der Waals surface area contributed by atoms with E-state index in [1.807, 2.05) is 61.5 Å². The second-order valence-corrected chi connectivity index (χ2v) is 7.27. The Morgan fingerprint density at radius 1 is 0.900 bits per heavy atom. The van der Waals surface area contributed by atoms with Crippen LogP contribution in [0.2, 0.25) is 0 Å². The zero-order valence-electron chi connectivity index (χ0n) is 16.9. The molecule has 0 fully saturated rings. The molecule has 0 radical (unpaired) electrons. The van der Waals surface area contributed by atoms with Crippen molar-refractivity contribution in [3.05, 3.63) is 107 Å². The molecule has 4 heteroatoms. The zero-order valence-corrected chi connectivity index (χ0v) is 16.9. The van der Waals surface area contributed by atoms with Crippen LogP contribution in [0, 0.1) is 6.92 Å². The maximum Gasteiger partial charge on any atom is 0.252 e. The lowest BCUT2D eigenvalue weighted by atomic mass is 9.92. The quantitative estimate of drug-likeness (QED) is 0.475. The van der Waals surface area contributed by atoms with Gasteiger partial charge in [-0.05, 0) is 53.6 Å². The highest BCUT2D eigenvalue weighted by Crippen LogP contribution is 2.36. The topological polar surface area (TPSA) is 58.6 Å². The predicted molar refractivity (Wildman–Crippen MR) is 119 cm³/mol. The number of aryl methyl sites for hydroxylation is 1. The third kappa shape index (κ3) is 3.85. The molecule has 1 unspecified atom stereocenters. The number of benzene rings is 4. The minimum Gasteiger partial charge on any atom is -0.508 e. The predicted octanol–water partition coefficient (Wildman–Crippen LogP) is 5.38. The molecule has 0 aliphatic carbocycles. The van der Waals surface area contributed by atoms with Crippen molar-refractivity contribution in [3.8, 4) is 11.5 Å². The largest absolute Gasteiger partial charge is 0.508 e. The highest BCUT2D eigenvalue weighted by molar-refractivity contribution is 5.96. The van der Waals surface area contributed by atoms with E-state index in [9.17, 15) is 9.90 Å². The van der Waals surface area contributed by atoms with E-state index in [1.54, 1.807) is 37.4 Å². The summed E-state index contributed by atoms with van der Waals surface area (Å²) in [6.45, 7) is 2.02. The fraction of sp³-hybridized carbons (Fsp3) is 0.115. The molecule has 4 aromatic rings. The molecule has 0 saturated heterocycles. The number of hydrogen-bond acceptors (Lipinski definition) is 3. The van der Waals surface area contributed by atoms with Crippen molar-refractivity contribution in [3.63, 3.8) is 0 Å². The molecule has 150 valence electrons. The van der Waals surface area contributed by atoms with Crippen LogP contribution in [-0.2, 0) is 0 Å². The van der Waals surface area contributed by atoms with Gasteiger partial charge in [0, 0.05) is 11.1 Å². The SMILES string of the molecule is COc1ccc(C(=O)NC(c2ccc(C)cc2)c2c(O)ccc3ccccc23)cc1. The van der Waals surface area contributed by atoms with E-state index in [-0.39, 0.29) is 11.7 Å². The van der Waals surface area contributed by atoms with Crippen molar-refractivity contribution in [1.82, 2.24) is 5.32 Å². The van der Waals surface area contributed by atoms with E-state index in [4.69, 9.17) is 4.74 Å². The minimum atomic E-state index is -0.508. The fourth-order valence-corrected chi connectivity index (χ4v) is 3.63. The molecule has 0 saturated carbocycles. The first kappa shape index (κ1) is 19.5. The van der Waals surface area contributed by atoms with E-state index in [0.29, 0.717) is 16.9 Å². The van der Waals surface area contributed by atoms with Gasteiger partial charge in [0.1, 0.15) is 11.5 Å². The van der Waals surface area contributed by atoms with Gasteiger partial charge in [0.25, 0.3) is 5.91 Å².